The van der Waals surface area contributed by atoms with E-state index in [0.717, 1.165) is 29.6 Å². The molecule has 4 nitrogen and oxygen atoms in total. The van der Waals surface area contributed by atoms with Crippen molar-refractivity contribution in [2.24, 2.45) is 5.73 Å². The largest absolute Gasteiger partial charge is 0.369 e. The second-order valence-electron chi connectivity index (χ2n) is 6.27. The number of hydrogen-bond donors (Lipinski definition) is 1. The van der Waals surface area contributed by atoms with E-state index in [9.17, 15) is 4.79 Å². The lowest BCUT2D eigenvalue weighted by atomic mass is 9.97. The normalized spacial score (nSPS) is 17.7. The van der Waals surface area contributed by atoms with E-state index in [1.807, 2.05) is 31.3 Å². The highest BCUT2D eigenvalue weighted by molar-refractivity contribution is 5.95. The zero-order chi connectivity index (χ0) is 15.7. The summed E-state index contributed by atoms with van der Waals surface area (Å²) < 4.78 is 8.40. The molecule has 1 amide bonds. The van der Waals surface area contributed by atoms with Crippen molar-refractivity contribution in [2.45, 2.75) is 58.2 Å². The monoisotopic (exact) mass is 300 g/mol. The number of pyridine rings is 1. The summed E-state index contributed by atoms with van der Waals surface area (Å²) in [5.41, 5.74) is 9.05. The number of rotatable bonds is 4. The van der Waals surface area contributed by atoms with Gasteiger partial charge in [0, 0.05) is 17.3 Å². The van der Waals surface area contributed by atoms with Crippen LogP contribution in [-0.2, 0) is 4.74 Å². The number of carbonyl (C=O) groups excluding carboxylic acids is 1. The van der Waals surface area contributed by atoms with Gasteiger partial charge in [0.1, 0.15) is 0 Å². The molecule has 22 heavy (non-hydrogen) atoms. The van der Waals surface area contributed by atoms with Crippen LogP contribution in [-0.4, -0.2) is 16.4 Å². The van der Waals surface area contributed by atoms with Gasteiger partial charge in [-0.25, -0.2) is 0 Å². The molecular weight excluding hydrogens is 276 g/mol. The van der Waals surface area contributed by atoms with Crippen LogP contribution in [0, 0.1) is 6.92 Å². The van der Waals surface area contributed by atoms with Crippen LogP contribution in [0.25, 0.3) is 5.52 Å². The van der Waals surface area contributed by atoms with E-state index < -0.39 is 0 Å². The van der Waals surface area contributed by atoms with E-state index in [4.69, 9.17) is 10.5 Å². The van der Waals surface area contributed by atoms with Gasteiger partial charge in [-0.15, -0.1) is 0 Å². The molecule has 3 rings (SSSR count). The molecule has 118 valence electrons. The predicted octanol–water partition coefficient (Wildman–Crippen LogP) is 3.76. The third-order valence-corrected chi connectivity index (χ3v) is 4.72. The van der Waals surface area contributed by atoms with E-state index in [2.05, 4.69) is 11.3 Å². The minimum Gasteiger partial charge on any atom is -0.369 e. The Morgan fingerprint density at radius 3 is 2.77 bits per heavy atom. The molecule has 0 bridgehead atoms. The first-order chi connectivity index (χ1) is 10.6. The molecule has 0 radical (unpaired) electrons. The van der Waals surface area contributed by atoms with Gasteiger partial charge >= 0.3 is 0 Å². The van der Waals surface area contributed by atoms with Crippen molar-refractivity contribution in [1.29, 1.82) is 0 Å². The van der Waals surface area contributed by atoms with Crippen molar-refractivity contribution in [3.05, 3.63) is 41.2 Å². The van der Waals surface area contributed by atoms with Gasteiger partial charge in [0.2, 0.25) is 5.91 Å². The second kappa shape index (κ2) is 6.13. The van der Waals surface area contributed by atoms with Crippen molar-refractivity contribution >= 4 is 11.4 Å². The number of ether oxygens (including phenoxy) is 1. The SMILES string of the molecule is Cc1c(C(N)=O)cc2cccn2c1C(C)OC1CCCCC1. The van der Waals surface area contributed by atoms with Crippen LogP contribution in [0.5, 0.6) is 0 Å². The molecule has 0 aliphatic heterocycles. The van der Waals surface area contributed by atoms with Crippen LogP contribution < -0.4 is 5.73 Å². The minimum atomic E-state index is -0.382. The first kappa shape index (κ1) is 15.1. The summed E-state index contributed by atoms with van der Waals surface area (Å²) in [5.74, 6) is -0.382. The topological polar surface area (TPSA) is 56.7 Å². The Kier molecular flexibility index (Phi) is 4.21. The number of aromatic nitrogens is 1. The smallest absolute Gasteiger partial charge is 0.249 e. The van der Waals surface area contributed by atoms with Crippen LogP contribution in [0.4, 0.5) is 0 Å². The first-order valence-corrected chi connectivity index (χ1v) is 8.13. The Morgan fingerprint density at radius 2 is 2.09 bits per heavy atom. The van der Waals surface area contributed by atoms with Gasteiger partial charge in [0.25, 0.3) is 0 Å². The van der Waals surface area contributed by atoms with E-state index >= 15 is 0 Å². The van der Waals surface area contributed by atoms with Crippen molar-refractivity contribution in [3.8, 4) is 0 Å². The van der Waals surface area contributed by atoms with Gasteiger partial charge in [0.15, 0.2) is 0 Å². The molecule has 0 saturated heterocycles. The van der Waals surface area contributed by atoms with E-state index in [0.29, 0.717) is 11.7 Å². The van der Waals surface area contributed by atoms with Gasteiger partial charge < -0.3 is 14.9 Å². The molecule has 2 aromatic rings. The Hall–Kier alpha value is -1.81. The van der Waals surface area contributed by atoms with E-state index in [1.165, 1.54) is 19.3 Å². The molecule has 1 aliphatic rings. The molecule has 0 aromatic carbocycles. The number of nitrogens with zero attached hydrogens (tertiary/aromatic N) is 1. The average molecular weight is 300 g/mol. The third-order valence-electron chi connectivity index (χ3n) is 4.72. The zero-order valence-corrected chi connectivity index (χ0v) is 13.3. The fourth-order valence-electron chi connectivity index (χ4n) is 3.62. The maximum Gasteiger partial charge on any atom is 0.249 e. The van der Waals surface area contributed by atoms with Crippen LogP contribution in [0.3, 0.4) is 0 Å². The molecule has 0 spiro atoms. The minimum absolute atomic E-state index is 0.0581. The molecule has 2 aromatic heterocycles. The van der Waals surface area contributed by atoms with Crippen molar-refractivity contribution < 1.29 is 9.53 Å². The molecule has 1 saturated carbocycles. The maximum atomic E-state index is 11.7. The summed E-state index contributed by atoms with van der Waals surface area (Å²) in [5, 5.41) is 0. The molecule has 1 atom stereocenters. The Morgan fingerprint density at radius 1 is 1.36 bits per heavy atom. The number of hydrogen-bond acceptors (Lipinski definition) is 2. The van der Waals surface area contributed by atoms with Crippen LogP contribution in [0.1, 0.15) is 66.7 Å². The molecule has 1 aliphatic carbocycles. The van der Waals surface area contributed by atoms with Crippen molar-refractivity contribution in [2.75, 3.05) is 0 Å². The van der Waals surface area contributed by atoms with Gasteiger partial charge in [-0.3, -0.25) is 4.79 Å². The van der Waals surface area contributed by atoms with Crippen LogP contribution in [0.2, 0.25) is 0 Å². The van der Waals surface area contributed by atoms with Gasteiger partial charge in [0.05, 0.1) is 17.9 Å². The predicted molar refractivity (Wildman–Crippen MR) is 87.0 cm³/mol. The summed E-state index contributed by atoms with van der Waals surface area (Å²) in [6.07, 6.45) is 8.35. The first-order valence-electron chi connectivity index (χ1n) is 8.13. The molecule has 2 N–H and O–H groups in total. The molecule has 4 heteroatoms. The summed E-state index contributed by atoms with van der Waals surface area (Å²) in [7, 11) is 0. The lowest BCUT2D eigenvalue weighted by Gasteiger charge is -2.27. The summed E-state index contributed by atoms with van der Waals surface area (Å²) >= 11 is 0. The van der Waals surface area contributed by atoms with Crippen molar-refractivity contribution in [1.82, 2.24) is 4.40 Å². The highest BCUT2D eigenvalue weighted by Crippen LogP contribution is 2.30. The standard InChI is InChI=1S/C18H24N2O2/c1-12-16(18(19)21)11-14-7-6-10-20(14)17(12)13(2)22-15-8-4-3-5-9-15/h6-7,10-11,13,15H,3-5,8-9H2,1-2H3,(H2,19,21). The van der Waals surface area contributed by atoms with Crippen LogP contribution in [0.15, 0.2) is 24.4 Å². The number of nitrogens with two attached hydrogens (primary N) is 1. The molecule has 1 unspecified atom stereocenters. The van der Waals surface area contributed by atoms with Crippen LogP contribution >= 0.6 is 0 Å². The summed E-state index contributed by atoms with van der Waals surface area (Å²) in [6.45, 7) is 4.02. The highest BCUT2D eigenvalue weighted by atomic mass is 16.5. The maximum absolute atomic E-state index is 11.7. The summed E-state index contributed by atoms with van der Waals surface area (Å²) in [4.78, 5) is 11.7. The van der Waals surface area contributed by atoms with Gasteiger partial charge in [-0.05, 0) is 50.5 Å². The van der Waals surface area contributed by atoms with Gasteiger partial charge in [-0.1, -0.05) is 19.3 Å². The Balaban J connectivity index is 1.98. The number of fused-ring (bicyclic) bond motifs is 1. The number of carbonyl (C=O) groups is 1. The Bertz CT molecular complexity index is 684. The number of amides is 1. The molecular formula is C18H24N2O2. The van der Waals surface area contributed by atoms with Crippen molar-refractivity contribution in [3.63, 3.8) is 0 Å². The average Bonchev–Trinajstić information content (AvgIpc) is 2.95. The zero-order valence-electron chi connectivity index (χ0n) is 13.3. The fourth-order valence-corrected chi connectivity index (χ4v) is 3.62. The third kappa shape index (κ3) is 2.75. The van der Waals surface area contributed by atoms with Gasteiger partial charge in [-0.2, -0.15) is 0 Å². The molecule has 2 heterocycles. The summed E-state index contributed by atoms with van der Waals surface area (Å²) in [6, 6.07) is 5.83. The lowest BCUT2D eigenvalue weighted by Crippen LogP contribution is -2.22. The fraction of sp³-hybridized carbons (Fsp3) is 0.500. The van der Waals surface area contributed by atoms with E-state index in [1.54, 1.807) is 0 Å². The number of primary amides is 1. The highest BCUT2D eigenvalue weighted by Gasteiger charge is 2.22. The Labute approximate surface area is 131 Å². The second-order valence-corrected chi connectivity index (χ2v) is 6.27. The lowest BCUT2D eigenvalue weighted by molar-refractivity contribution is -0.0249. The quantitative estimate of drug-likeness (QED) is 0.934. The van der Waals surface area contributed by atoms with E-state index in [-0.39, 0.29) is 12.0 Å². The molecule has 1 fully saturated rings.